The van der Waals surface area contributed by atoms with Crippen molar-refractivity contribution in [3.63, 3.8) is 0 Å². The van der Waals surface area contributed by atoms with Crippen LogP contribution in [-0.4, -0.2) is 24.5 Å². The van der Waals surface area contributed by atoms with Gasteiger partial charge in [0.05, 0.1) is 18.2 Å². The molecule has 0 saturated heterocycles. The van der Waals surface area contributed by atoms with Crippen LogP contribution < -0.4 is 11.1 Å². The van der Waals surface area contributed by atoms with Crippen LogP contribution in [0.15, 0.2) is 24.3 Å². The molecular weight excluding hydrogens is 232 g/mol. The highest BCUT2D eigenvalue weighted by Gasteiger charge is 2.11. The maximum absolute atomic E-state index is 11.5. The van der Waals surface area contributed by atoms with Gasteiger partial charge in [-0.3, -0.25) is 4.79 Å². The van der Waals surface area contributed by atoms with Crippen molar-refractivity contribution in [2.45, 2.75) is 26.3 Å². The summed E-state index contributed by atoms with van der Waals surface area (Å²) >= 11 is 0. The molecule has 1 unspecified atom stereocenters. The standard InChI is InChI=1S/C13H18N2O3/c1-3-11(14)12(16)15-10-7-5-9(6-8-10)13(17)18-4-2/h5-8,11H,3-4,14H2,1-2H3,(H,15,16). The van der Waals surface area contributed by atoms with E-state index < -0.39 is 6.04 Å². The zero-order chi connectivity index (χ0) is 13.5. The molecule has 5 nitrogen and oxygen atoms in total. The third-order valence-corrected chi connectivity index (χ3v) is 2.44. The molecule has 0 aromatic heterocycles. The summed E-state index contributed by atoms with van der Waals surface area (Å²) in [7, 11) is 0. The molecule has 3 N–H and O–H groups in total. The van der Waals surface area contributed by atoms with E-state index in [1.165, 1.54) is 0 Å². The summed E-state index contributed by atoms with van der Waals surface area (Å²) in [6, 6.07) is 5.98. The zero-order valence-corrected chi connectivity index (χ0v) is 10.6. The highest BCUT2D eigenvalue weighted by Crippen LogP contribution is 2.11. The van der Waals surface area contributed by atoms with Crippen molar-refractivity contribution < 1.29 is 14.3 Å². The van der Waals surface area contributed by atoms with E-state index in [2.05, 4.69) is 5.32 Å². The van der Waals surface area contributed by atoms with Crippen LogP contribution in [0.4, 0.5) is 5.69 Å². The van der Waals surface area contributed by atoms with E-state index in [1.807, 2.05) is 6.92 Å². The normalized spacial score (nSPS) is 11.7. The van der Waals surface area contributed by atoms with Crippen LogP contribution in [0, 0.1) is 0 Å². The van der Waals surface area contributed by atoms with Crippen molar-refractivity contribution in [2.75, 3.05) is 11.9 Å². The number of hydrogen-bond donors (Lipinski definition) is 2. The van der Waals surface area contributed by atoms with E-state index >= 15 is 0 Å². The van der Waals surface area contributed by atoms with Gasteiger partial charge in [-0.25, -0.2) is 4.79 Å². The number of benzene rings is 1. The molecular formula is C13H18N2O3. The summed E-state index contributed by atoms with van der Waals surface area (Å²) in [6.07, 6.45) is 0.576. The monoisotopic (exact) mass is 250 g/mol. The second kappa shape index (κ2) is 6.76. The van der Waals surface area contributed by atoms with E-state index in [1.54, 1.807) is 31.2 Å². The average molecular weight is 250 g/mol. The van der Waals surface area contributed by atoms with Crippen LogP contribution in [0.5, 0.6) is 0 Å². The van der Waals surface area contributed by atoms with Crippen LogP contribution in [0.1, 0.15) is 30.6 Å². The van der Waals surface area contributed by atoms with Crippen molar-refractivity contribution in [3.8, 4) is 0 Å². The van der Waals surface area contributed by atoms with Gasteiger partial charge in [0.2, 0.25) is 5.91 Å². The minimum atomic E-state index is -0.519. The fourth-order valence-electron chi connectivity index (χ4n) is 1.32. The molecule has 18 heavy (non-hydrogen) atoms. The highest BCUT2D eigenvalue weighted by molar-refractivity contribution is 5.95. The van der Waals surface area contributed by atoms with Gasteiger partial charge < -0.3 is 15.8 Å². The van der Waals surface area contributed by atoms with Gasteiger partial charge in [0.25, 0.3) is 0 Å². The second-order valence-electron chi connectivity index (χ2n) is 3.80. The van der Waals surface area contributed by atoms with Gasteiger partial charge in [-0.15, -0.1) is 0 Å². The van der Waals surface area contributed by atoms with Crippen LogP contribution in [0.3, 0.4) is 0 Å². The minimum Gasteiger partial charge on any atom is -0.462 e. The lowest BCUT2D eigenvalue weighted by molar-refractivity contribution is -0.117. The first-order valence-corrected chi connectivity index (χ1v) is 5.92. The Morgan fingerprint density at radius 3 is 2.39 bits per heavy atom. The van der Waals surface area contributed by atoms with Gasteiger partial charge in [0.15, 0.2) is 0 Å². The Balaban J connectivity index is 2.66. The third-order valence-electron chi connectivity index (χ3n) is 2.44. The molecule has 5 heteroatoms. The largest absolute Gasteiger partial charge is 0.462 e. The number of carbonyl (C=O) groups excluding carboxylic acids is 2. The van der Waals surface area contributed by atoms with Gasteiger partial charge in [0, 0.05) is 5.69 Å². The maximum atomic E-state index is 11.5. The molecule has 0 radical (unpaired) electrons. The Kier molecular flexibility index (Phi) is 5.32. The van der Waals surface area contributed by atoms with E-state index in [0.29, 0.717) is 24.3 Å². The van der Waals surface area contributed by atoms with Crippen molar-refractivity contribution >= 4 is 17.6 Å². The van der Waals surface area contributed by atoms with Crippen LogP contribution in [-0.2, 0) is 9.53 Å². The number of nitrogens with two attached hydrogens (primary N) is 1. The first-order chi connectivity index (χ1) is 8.58. The summed E-state index contributed by atoms with van der Waals surface area (Å²) in [5, 5.41) is 2.67. The summed E-state index contributed by atoms with van der Waals surface area (Å²) in [6.45, 7) is 3.93. The molecule has 0 fully saturated rings. The number of amides is 1. The lowest BCUT2D eigenvalue weighted by Crippen LogP contribution is -2.34. The number of hydrogen-bond acceptors (Lipinski definition) is 4. The molecule has 0 saturated carbocycles. The first kappa shape index (κ1) is 14.2. The fraction of sp³-hybridized carbons (Fsp3) is 0.385. The SMILES string of the molecule is CCOC(=O)c1ccc(NC(=O)C(N)CC)cc1. The Bertz CT molecular complexity index is 415. The van der Waals surface area contributed by atoms with Crippen molar-refractivity contribution in [1.29, 1.82) is 0 Å². The summed E-state index contributed by atoms with van der Waals surface area (Å²) in [5.41, 5.74) is 6.66. The number of ether oxygens (including phenoxy) is 1. The smallest absolute Gasteiger partial charge is 0.338 e. The van der Waals surface area contributed by atoms with E-state index in [-0.39, 0.29) is 11.9 Å². The third kappa shape index (κ3) is 3.85. The van der Waals surface area contributed by atoms with Gasteiger partial charge in [-0.05, 0) is 37.6 Å². The average Bonchev–Trinajstić information content (AvgIpc) is 2.38. The second-order valence-corrected chi connectivity index (χ2v) is 3.80. The summed E-state index contributed by atoms with van der Waals surface area (Å²) in [4.78, 5) is 22.9. The lowest BCUT2D eigenvalue weighted by atomic mass is 10.2. The molecule has 1 atom stereocenters. The van der Waals surface area contributed by atoms with Gasteiger partial charge in [0.1, 0.15) is 0 Å². The van der Waals surface area contributed by atoms with Gasteiger partial charge in [-0.2, -0.15) is 0 Å². The molecule has 1 amide bonds. The number of rotatable bonds is 5. The van der Waals surface area contributed by atoms with Crippen molar-refractivity contribution in [1.82, 2.24) is 0 Å². The summed E-state index contributed by atoms with van der Waals surface area (Å²) < 4.78 is 4.86. The van der Waals surface area contributed by atoms with Crippen LogP contribution in [0.2, 0.25) is 0 Å². The van der Waals surface area contributed by atoms with Gasteiger partial charge in [-0.1, -0.05) is 6.92 Å². The molecule has 0 heterocycles. The molecule has 0 spiro atoms. The minimum absolute atomic E-state index is 0.235. The molecule has 0 aliphatic carbocycles. The number of esters is 1. The zero-order valence-electron chi connectivity index (χ0n) is 10.6. The predicted molar refractivity (Wildman–Crippen MR) is 69.3 cm³/mol. The Morgan fingerprint density at radius 1 is 1.28 bits per heavy atom. The maximum Gasteiger partial charge on any atom is 0.338 e. The van der Waals surface area contributed by atoms with Crippen LogP contribution >= 0.6 is 0 Å². The molecule has 1 aromatic carbocycles. The first-order valence-electron chi connectivity index (χ1n) is 5.92. The lowest BCUT2D eigenvalue weighted by Gasteiger charge is -2.10. The number of anilines is 1. The molecule has 98 valence electrons. The topological polar surface area (TPSA) is 81.4 Å². The van der Waals surface area contributed by atoms with E-state index in [9.17, 15) is 9.59 Å². The molecule has 0 aliphatic rings. The number of nitrogens with one attached hydrogen (secondary N) is 1. The van der Waals surface area contributed by atoms with Crippen molar-refractivity contribution in [2.24, 2.45) is 5.73 Å². The fourth-order valence-corrected chi connectivity index (χ4v) is 1.32. The van der Waals surface area contributed by atoms with Crippen LogP contribution in [0.25, 0.3) is 0 Å². The van der Waals surface area contributed by atoms with Crippen molar-refractivity contribution in [3.05, 3.63) is 29.8 Å². The molecule has 1 aromatic rings. The van der Waals surface area contributed by atoms with E-state index in [4.69, 9.17) is 10.5 Å². The predicted octanol–water partition coefficient (Wildman–Crippen LogP) is 1.54. The number of carbonyl (C=O) groups is 2. The van der Waals surface area contributed by atoms with Gasteiger partial charge >= 0.3 is 5.97 Å². The Hall–Kier alpha value is -1.88. The molecule has 1 rings (SSSR count). The van der Waals surface area contributed by atoms with E-state index in [0.717, 1.165) is 0 Å². The Morgan fingerprint density at radius 2 is 1.89 bits per heavy atom. The quantitative estimate of drug-likeness (QED) is 0.777. The highest BCUT2D eigenvalue weighted by atomic mass is 16.5. The Labute approximate surface area is 106 Å². The molecule has 0 bridgehead atoms. The molecule has 0 aliphatic heterocycles. The summed E-state index contributed by atoms with van der Waals surface area (Å²) in [5.74, 6) is -0.609.